The molecule has 15 heavy (non-hydrogen) atoms. The minimum atomic E-state index is -0.318. The molecule has 0 atom stereocenters. The van der Waals surface area contributed by atoms with Crippen LogP contribution in [0.25, 0.3) is 0 Å². The first-order valence-corrected chi connectivity index (χ1v) is 4.61. The van der Waals surface area contributed by atoms with Gasteiger partial charge < -0.3 is 9.47 Å². The molecular formula is C11H13FO3. The normalized spacial score (nSPS) is 10.0. The van der Waals surface area contributed by atoms with Gasteiger partial charge in [-0.15, -0.1) is 0 Å². The highest BCUT2D eigenvalue weighted by molar-refractivity contribution is 5.69. The maximum Gasteiger partial charge on any atom is 0.308 e. The fourth-order valence-electron chi connectivity index (χ4n) is 1.00. The van der Waals surface area contributed by atoms with Crippen molar-refractivity contribution in [3.8, 4) is 0 Å². The molecule has 0 amide bonds. The first kappa shape index (κ1) is 11.7. The number of hydrogen-bond donors (Lipinski definition) is 0. The van der Waals surface area contributed by atoms with E-state index in [9.17, 15) is 9.18 Å². The first-order chi connectivity index (χ1) is 7.22. The number of esters is 1. The molecule has 0 saturated heterocycles. The van der Waals surface area contributed by atoms with Gasteiger partial charge in [-0.25, -0.2) is 4.39 Å². The molecule has 0 fully saturated rings. The molecule has 1 rings (SSSR count). The predicted molar refractivity (Wildman–Crippen MR) is 52.7 cm³/mol. The number of rotatable bonds is 5. The number of hydrogen-bond acceptors (Lipinski definition) is 3. The van der Waals surface area contributed by atoms with Crippen molar-refractivity contribution in [3.05, 3.63) is 35.6 Å². The summed E-state index contributed by atoms with van der Waals surface area (Å²) in [6.07, 6.45) is 0.234. The summed E-state index contributed by atoms with van der Waals surface area (Å²) in [4.78, 5) is 11.1. The SMILES string of the molecule is COCCC(=O)OCc1ccc(F)cc1. The van der Waals surface area contributed by atoms with E-state index in [1.54, 1.807) is 12.1 Å². The van der Waals surface area contributed by atoms with Crippen molar-refractivity contribution >= 4 is 5.97 Å². The molecule has 0 saturated carbocycles. The summed E-state index contributed by atoms with van der Waals surface area (Å²) in [5.41, 5.74) is 0.766. The van der Waals surface area contributed by atoms with Crippen LogP contribution in [-0.2, 0) is 20.9 Å². The Morgan fingerprint density at radius 2 is 2.00 bits per heavy atom. The Morgan fingerprint density at radius 1 is 1.33 bits per heavy atom. The van der Waals surface area contributed by atoms with Crippen LogP contribution < -0.4 is 0 Å². The first-order valence-electron chi connectivity index (χ1n) is 4.61. The van der Waals surface area contributed by atoms with Crippen LogP contribution in [0, 0.1) is 5.82 Å². The highest BCUT2D eigenvalue weighted by Gasteiger charge is 2.02. The van der Waals surface area contributed by atoms with Crippen LogP contribution in [0.3, 0.4) is 0 Å². The fraction of sp³-hybridized carbons (Fsp3) is 0.364. The van der Waals surface area contributed by atoms with E-state index in [2.05, 4.69) is 0 Å². The molecule has 0 radical (unpaired) electrons. The molecule has 0 aliphatic heterocycles. The Balaban J connectivity index is 2.30. The van der Waals surface area contributed by atoms with E-state index >= 15 is 0 Å². The number of carbonyl (C=O) groups is 1. The van der Waals surface area contributed by atoms with Crippen molar-refractivity contribution in [2.45, 2.75) is 13.0 Å². The van der Waals surface area contributed by atoms with Crippen LogP contribution in [0.1, 0.15) is 12.0 Å². The molecule has 0 unspecified atom stereocenters. The number of ether oxygens (including phenoxy) is 2. The van der Waals surface area contributed by atoms with Crippen LogP contribution >= 0.6 is 0 Å². The zero-order valence-corrected chi connectivity index (χ0v) is 8.53. The van der Waals surface area contributed by atoms with Crippen molar-refractivity contribution in [1.82, 2.24) is 0 Å². The molecular weight excluding hydrogens is 199 g/mol. The van der Waals surface area contributed by atoms with Crippen molar-refractivity contribution in [2.75, 3.05) is 13.7 Å². The van der Waals surface area contributed by atoms with Gasteiger partial charge in [0, 0.05) is 7.11 Å². The molecule has 0 N–H and O–H groups in total. The molecule has 0 spiro atoms. The molecule has 0 bridgehead atoms. The van der Waals surface area contributed by atoms with Gasteiger partial charge in [-0.05, 0) is 17.7 Å². The number of methoxy groups -OCH3 is 1. The Bertz CT molecular complexity index is 308. The van der Waals surface area contributed by atoms with Gasteiger partial charge in [-0.3, -0.25) is 4.79 Å². The van der Waals surface area contributed by atoms with Gasteiger partial charge in [0.25, 0.3) is 0 Å². The average molecular weight is 212 g/mol. The van der Waals surface area contributed by atoms with Gasteiger partial charge in [-0.2, -0.15) is 0 Å². The van der Waals surface area contributed by atoms with Crippen LogP contribution in [0.4, 0.5) is 4.39 Å². The lowest BCUT2D eigenvalue weighted by molar-refractivity contribution is -0.145. The van der Waals surface area contributed by atoms with Crippen LogP contribution in [0.15, 0.2) is 24.3 Å². The Hall–Kier alpha value is -1.42. The second kappa shape index (κ2) is 6.14. The predicted octanol–water partition coefficient (Wildman–Crippen LogP) is 1.91. The lowest BCUT2D eigenvalue weighted by atomic mass is 10.2. The van der Waals surface area contributed by atoms with Crippen molar-refractivity contribution in [2.24, 2.45) is 0 Å². The van der Waals surface area contributed by atoms with Crippen molar-refractivity contribution in [1.29, 1.82) is 0 Å². The topological polar surface area (TPSA) is 35.5 Å². The van der Waals surface area contributed by atoms with Gasteiger partial charge in [0.2, 0.25) is 0 Å². The highest BCUT2D eigenvalue weighted by Crippen LogP contribution is 2.04. The summed E-state index contributed by atoms with van der Waals surface area (Å²) >= 11 is 0. The Labute approximate surface area is 87.8 Å². The van der Waals surface area contributed by atoms with Crippen LogP contribution in [0.5, 0.6) is 0 Å². The van der Waals surface area contributed by atoms with E-state index < -0.39 is 0 Å². The van der Waals surface area contributed by atoms with E-state index in [0.717, 1.165) is 5.56 Å². The maximum atomic E-state index is 12.5. The maximum absolute atomic E-state index is 12.5. The molecule has 0 aromatic heterocycles. The molecule has 0 aliphatic carbocycles. The number of carbonyl (C=O) groups excluding carboxylic acids is 1. The summed E-state index contributed by atoms with van der Waals surface area (Å²) in [7, 11) is 1.52. The summed E-state index contributed by atoms with van der Waals surface area (Å²) in [5.74, 6) is -0.620. The second-order valence-corrected chi connectivity index (χ2v) is 3.03. The molecule has 1 aromatic carbocycles. The largest absolute Gasteiger partial charge is 0.461 e. The third kappa shape index (κ3) is 4.56. The Kier molecular flexibility index (Phi) is 4.77. The smallest absolute Gasteiger partial charge is 0.308 e. The lowest BCUT2D eigenvalue weighted by Gasteiger charge is -2.04. The minimum absolute atomic E-state index is 0.169. The van der Waals surface area contributed by atoms with E-state index in [-0.39, 0.29) is 24.8 Å². The fourth-order valence-corrected chi connectivity index (χ4v) is 1.00. The number of halogens is 1. The molecule has 1 aromatic rings. The summed E-state index contributed by atoms with van der Waals surface area (Å²) in [6.45, 7) is 0.519. The summed E-state index contributed by atoms with van der Waals surface area (Å²) < 4.78 is 22.2. The van der Waals surface area contributed by atoms with Gasteiger partial charge in [-0.1, -0.05) is 12.1 Å². The molecule has 0 heterocycles. The van der Waals surface area contributed by atoms with E-state index in [1.165, 1.54) is 19.2 Å². The summed E-state index contributed by atoms with van der Waals surface area (Å²) in [5, 5.41) is 0. The van der Waals surface area contributed by atoms with Gasteiger partial charge in [0.15, 0.2) is 0 Å². The average Bonchev–Trinajstić information content (AvgIpc) is 2.25. The summed E-state index contributed by atoms with van der Waals surface area (Å²) in [6, 6.07) is 5.83. The third-order valence-corrected chi connectivity index (χ3v) is 1.82. The lowest BCUT2D eigenvalue weighted by Crippen LogP contribution is -2.07. The van der Waals surface area contributed by atoms with Crippen molar-refractivity contribution in [3.63, 3.8) is 0 Å². The van der Waals surface area contributed by atoms with Crippen molar-refractivity contribution < 1.29 is 18.7 Å². The van der Waals surface area contributed by atoms with Gasteiger partial charge >= 0.3 is 5.97 Å². The van der Waals surface area contributed by atoms with E-state index in [4.69, 9.17) is 9.47 Å². The van der Waals surface area contributed by atoms with Gasteiger partial charge in [0.1, 0.15) is 12.4 Å². The van der Waals surface area contributed by atoms with Gasteiger partial charge in [0.05, 0.1) is 13.0 Å². The van der Waals surface area contributed by atoms with Crippen LogP contribution in [-0.4, -0.2) is 19.7 Å². The molecule has 4 heteroatoms. The monoisotopic (exact) mass is 212 g/mol. The minimum Gasteiger partial charge on any atom is -0.461 e. The Morgan fingerprint density at radius 3 is 2.60 bits per heavy atom. The van der Waals surface area contributed by atoms with E-state index in [0.29, 0.717) is 6.61 Å². The zero-order chi connectivity index (χ0) is 11.1. The van der Waals surface area contributed by atoms with E-state index in [1.807, 2.05) is 0 Å². The van der Waals surface area contributed by atoms with Crippen LogP contribution in [0.2, 0.25) is 0 Å². The molecule has 3 nitrogen and oxygen atoms in total. The third-order valence-electron chi connectivity index (χ3n) is 1.82. The molecule has 0 aliphatic rings. The number of benzene rings is 1. The highest BCUT2D eigenvalue weighted by atomic mass is 19.1. The standard InChI is InChI=1S/C11H13FO3/c1-14-7-6-11(13)15-8-9-2-4-10(12)5-3-9/h2-5H,6-8H2,1H3. The quantitative estimate of drug-likeness (QED) is 0.699. The zero-order valence-electron chi connectivity index (χ0n) is 8.53. The second-order valence-electron chi connectivity index (χ2n) is 3.03. The molecule has 82 valence electrons.